The Morgan fingerprint density at radius 3 is 1.58 bits per heavy atom. The molecule has 4 aromatic rings. The maximum atomic E-state index is 3.58. The topological polar surface area (TPSA) is 31.6 Å². The molecular weight excluding hydrogens is 356 g/mol. The summed E-state index contributed by atoms with van der Waals surface area (Å²) in [5.41, 5.74) is 5.26. The predicted octanol–water partition coefficient (Wildman–Crippen LogP) is 5.65. The van der Waals surface area contributed by atoms with Gasteiger partial charge in [0.15, 0.2) is 0 Å². The number of benzene rings is 2. The van der Waals surface area contributed by atoms with Crippen molar-refractivity contribution in [3.05, 3.63) is 72.1 Å². The quantitative estimate of drug-likeness (QED) is 0.481. The number of rotatable bonds is 4. The van der Waals surface area contributed by atoms with Gasteiger partial charge in [-0.3, -0.25) is 0 Å². The Balaban J connectivity index is 1.19. The van der Waals surface area contributed by atoms with Crippen LogP contribution < -0.4 is 0 Å². The lowest BCUT2D eigenvalue weighted by molar-refractivity contribution is 0.872. The lowest BCUT2D eigenvalue weighted by atomic mass is 10.2. The fraction of sp³-hybridized carbons (Fsp3) is 0.273. The van der Waals surface area contributed by atoms with Gasteiger partial charge >= 0.3 is 0 Å². The number of hydrogen-bond donors (Lipinski definition) is 2. The van der Waals surface area contributed by atoms with Crippen LogP contribution in [0.1, 0.15) is 11.4 Å². The van der Waals surface area contributed by atoms with Crippen LogP contribution in [0.2, 0.25) is 0 Å². The number of fused-ring (bicyclic) bond motifs is 2. The number of aromatic nitrogens is 2. The lowest BCUT2D eigenvalue weighted by Gasteiger charge is -2.27. The Morgan fingerprint density at radius 2 is 1.15 bits per heavy atom. The molecule has 2 nitrogen and oxygen atoms in total. The van der Waals surface area contributed by atoms with Crippen molar-refractivity contribution in [1.82, 2.24) is 9.97 Å². The molecule has 4 heteroatoms. The van der Waals surface area contributed by atoms with Gasteiger partial charge in [-0.15, -0.1) is 0 Å². The highest BCUT2D eigenvalue weighted by molar-refractivity contribution is 8.07. The molecule has 0 saturated carbocycles. The molecule has 2 aromatic heterocycles. The first-order valence-corrected chi connectivity index (χ1v) is 11.3. The molecule has 1 fully saturated rings. The minimum Gasteiger partial charge on any atom is -0.358 e. The van der Waals surface area contributed by atoms with Gasteiger partial charge in [-0.05, 0) is 35.0 Å². The molecule has 5 rings (SSSR count). The maximum absolute atomic E-state index is 3.58. The highest BCUT2D eigenvalue weighted by Gasteiger charge is 2.23. The van der Waals surface area contributed by atoms with E-state index < -0.39 is 0 Å². The highest BCUT2D eigenvalue weighted by atomic mass is 32.2. The number of aromatic amines is 2. The summed E-state index contributed by atoms with van der Waals surface area (Å²) in [6.45, 7) is 0. The van der Waals surface area contributed by atoms with Gasteiger partial charge in [0, 0.05) is 57.3 Å². The van der Waals surface area contributed by atoms with Crippen LogP contribution >= 0.6 is 23.5 Å². The summed E-state index contributed by atoms with van der Waals surface area (Å²) < 4.78 is 0. The van der Waals surface area contributed by atoms with Crippen molar-refractivity contribution in [2.45, 2.75) is 23.3 Å². The van der Waals surface area contributed by atoms with E-state index in [1.165, 1.54) is 44.7 Å². The molecular formula is C22H22N2S2. The molecule has 0 radical (unpaired) electrons. The van der Waals surface area contributed by atoms with Crippen LogP contribution in [0.4, 0.5) is 0 Å². The Bertz CT molecular complexity index is 875. The summed E-state index contributed by atoms with van der Waals surface area (Å²) in [7, 11) is 0. The van der Waals surface area contributed by atoms with E-state index in [1.807, 2.05) is 0 Å². The van der Waals surface area contributed by atoms with Crippen molar-refractivity contribution in [3.8, 4) is 0 Å². The predicted molar refractivity (Wildman–Crippen MR) is 116 cm³/mol. The van der Waals surface area contributed by atoms with E-state index in [4.69, 9.17) is 0 Å². The molecule has 1 aliphatic heterocycles. The van der Waals surface area contributed by atoms with Gasteiger partial charge < -0.3 is 9.97 Å². The highest BCUT2D eigenvalue weighted by Crippen LogP contribution is 2.34. The van der Waals surface area contributed by atoms with Gasteiger partial charge in [0.25, 0.3) is 0 Å². The van der Waals surface area contributed by atoms with Crippen LogP contribution in [0, 0.1) is 0 Å². The largest absolute Gasteiger partial charge is 0.358 e. The van der Waals surface area contributed by atoms with Crippen LogP contribution in [-0.4, -0.2) is 32.0 Å². The second-order valence-electron chi connectivity index (χ2n) is 7.08. The van der Waals surface area contributed by atoms with E-state index in [1.54, 1.807) is 0 Å². The number of para-hydroxylation sites is 2. The van der Waals surface area contributed by atoms with Crippen molar-refractivity contribution in [2.75, 3.05) is 11.5 Å². The summed E-state index contributed by atoms with van der Waals surface area (Å²) in [5, 5.41) is 4.08. The Hall–Kier alpha value is -1.78. The fourth-order valence-electron chi connectivity index (χ4n) is 3.80. The Kier molecular flexibility index (Phi) is 4.47. The zero-order chi connectivity index (χ0) is 17.3. The Morgan fingerprint density at radius 1 is 0.692 bits per heavy atom. The van der Waals surface area contributed by atoms with Gasteiger partial charge in [0.1, 0.15) is 0 Å². The van der Waals surface area contributed by atoms with E-state index in [2.05, 4.69) is 94.2 Å². The zero-order valence-electron chi connectivity index (χ0n) is 14.6. The minimum atomic E-state index is 0.715. The van der Waals surface area contributed by atoms with Crippen LogP contribution in [0.3, 0.4) is 0 Å². The first-order chi connectivity index (χ1) is 12.8. The Labute approximate surface area is 162 Å². The van der Waals surface area contributed by atoms with Crippen molar-refractivity contribution >= 4 is 45.3 Å². The van der Waals surface area contributed by atoms with E-state index in [-0.39, 0.29) is 0 Å². The van der Waals surface area contributed by atoms with Crippen LogP contribution in [0.5, 0.6) is 0 Å². The number of thioether (sulfide) groups is 2. The van der Waals surface area contributed by atoms with Crippen LogP contribution in [0.15, 0.2) is 60.7 Å². The first-order valence-electron chi connectivity index (χ1n) is 9.20. The lowest BCUT2D eigenvalue weighted by Crippen LogP contribution is -2.24. The third kappa shape index (κ3) is 3.40. The molecule has 2 unspecified atom stereocenters. The SMILES string of the molecule is c1ccc2[nH]c(CC3CSC(Cc4cc5ccccc5[nH]4)CS3)cc2c1. The average Bonchev–Trinajstić information content (AvgIpc) is 3.25. The molecule has 1 saturated heterocycles. The van der Waals surface area contributed by atoms with Gasteiger partial charge in [-0.2, -0.15) is 23.5 Å². The second kappa shape index (κ2) is 7.09. The van der Waals surface area contributed by atoms with E-state index >= 15 is 0 Å². The molecule has 2 atom stereocenters. The third-order valence-electron chi connectivity index (χ3n) is 5.10. The summed E-state index contributed by atoms with van der Waals surface area (Å²) in [6.07, 6.45) is 2.29. The van der Waals surface area contributed by atoms with E-state index in [0.717, 1.165) is 12.8 Å². The van der Waals surface area contributed by atoms with E-state index in [0.29, 0.717) is 10.5 Å². The van der Waals surface area contributed by atoms with Crippen molar-refractivity contribution < 1.29 is 0 Å². The number of hydrogen-bond acceptors (Lipinski definition) is 2. The molecule has 26 heavy (non-hydrogen) atoms. The fourth-order valence-corrected chi connectivity index (χ4v) is 6.84. The van der Waals surface area contributed by atoms with Gasteiger partial charge in [-0.25, -0.2) is 0 Å². The first kappa shape index (κ1) is 16.4. The third-order valence-corrected chi connectivity index (χ3v) is 8.32. The van der Waals surface area contributed by atoms with Gasteiger partial charge in [0.05, 0.1) is 0 Å². The van der Waals surface area contributed by atoms with E-state index in [9.17, 15) is 0 Å². The summed E-state index contributed by atoms with van der Waals surface area (Å²) >= 11 is 4.29. The number of H-pyrrole nitrogens is 2. The zero-order valence-corrected chi connectivity index (χ0v) is 16.2. The van der Waals surface area contributed by atoms with Crippen molar-refractivity contribution in [2.24, 2.45) is 0 Å². The number of nitrogens with one attached hydrogen (secondary N) is 2. The molecule has 3 heterocycles. The second-order valence-corrected chi connectivity index (χ2v) is 9.75. The van der Waals surface area contributed by atoms with Crippen molar-refractivity contribution in [3.63, 3.8) is 0 Å². The smallest absolute Gasteiger partial charge is 0.0456 e. The van der Waals surface area contributed by atoms with Crippen LogP contribution in [-0.2, 0) is 12.8 Å². The van der Waals surface area contributed by atoms with Crippen molar-refractivity contribution in [1.29, 1.82) is 0 Å². The van der Waals surface area contributed by atoms with Gasteiger partial charge in [-0.1, -0.05) is 36.4 Å². The molecule has 0 bridgehead atoms. The normalized spacial score (nSPS) is 20.8. The summed E-state index contributed by atoms with van der Waals surface area (Å²) in [5.74, 6) is 2.48. The monoisotopic (exact) mass is 378 g/mol. The molecule has 2 N–H and O–H groups in total. The molecule has 0 spiro atoms. The average molecular weight is 379 g/mol. The standard InChI is InChI=1S/C22H22N2S2/c1-3-7-21-15(5-1)9-17(23-21)11-19-13-26-20(14-25-19)12-18-10-16-6-2-4-8-22(16)24-18/h1-10,19-20,23-24H,11-14H2. The maximum Gasteiger partial charge on any atom is 0.0456 e. The van der Waals surface area contributed by atoms with Gasteiger partial charge in [0.2, 0.25) is 0 Å². The molecule has 132 valence electrons. The van der Waals surface area contributed by atoms with Crippen LogP contribution in [0.25, 0.3) is 21.8 Å². The molecule has 2 aromatic carbocycles. The summed E-state index contributed by atoms with van der Waals surface area (Å²) in [4.78, 5) is 7.16. The summed E-state index contributed by atoms with van der Waals surface area (Å²) in [6, 6.07) is 21.8. The molecule has 0 aliphatic carbocycles. The minimum absolute atomic E-state index is 0.715. The molecule has 1 aliphatic rings. The molecule has 0 amide bonds.